The fraction of sp³-hybridized carbons (Fsp3) is 0.500. The number of benzene rings is 1. The predicted molar refractivity (Wildman–Crippen MR) is 82.1 cm³/mol. The van der Waals surface area contributed by atoms with Crippen molar-refractivity contribution in [3.8, 4) is 0 Å². The number of anilines is 2. The Hall–Kier alpha value is -1.76. The van der Waals surface area contributed by atoms with Crippen molar-refractivity contribution in [3.63, 3.8) is 0 Å². The summed E-state index contributed by atoms with van der Waals surface area (Å²) in [6, 6.07) is 4.88. The molecule has 2 rings (SSSR count). The summed E-state index contributed by atoms with van der Waals surface area (Å²) in [5.74, 6) is 0.138. The molecule has 7 heteroatoms. The minimum atomic E-state index is -2.88. The highest BCUT2D eigenvalue weighted by atomic mass is 32.2. The SMILES string of the molecule is CCOC(=O)c1ccc(N)c(NCC2CCS(=O)(=O)C2)c1. The molecule has 0 aliphatic carbocycles. The van der Waals surface area contributed by atoms with E-state index in [-0.39, 0.29) is 17.4 Å². The normalized spacial score (nSPS) is 20.1. The Balaban J connectivity index is 2.02. The van der Waals surface area contributed by atoms with Crippen LogP contribution in [0.5, 0.6) is 0 Å². The maximum absolute atomic E-state index is 11.7. The van der Waals surface area contributed by atoms with Crippen molar-refractivity contribution in [1.29, 1.82) is 0 Å². The topological polar surface area (TPSA) is 98.5 Å². The van der Waals surface area contributed by atoms with Gasteiger partial charge < -0.3 is 15.8 Å². The second-order valence-corrected chi connectivity index (χ2v) is 7.40. The monoisotopic (exact) mass is 312 g/mol. The van der Waals surface area contributed by atoms with Gasteiger partial charge in [0.05, 0.1) is 35.1 Å². The highest BCUT2D eigenvalue weighted by Crippen LogP contribution is 2.23. The Morgan fingerprint density at radius 3 is 2.86 bits per heavy atom. The zero-order valence-corrected chi connectivity index (χ0v) is 12.8. The summed E-state index contributed by atoms with van der Waals surface area (Å²) >= 11 is 0. The molecule has 3 N–H and O–H groups in total. The van der Waals surface area contributed by atoms with E-state index >= 15 is 0 Å². The van der Waals surface area contributed by atoms with Crippen LogP contribution in [0.25, 0.3) is 0 Å². The van der Waals surface area contributed by atoms with Crippen molar-refractivity contribution in [2.45, 2.75) is 13.3 Å². The average molecular weight is 312 g/mol. The van der Waals surface area contributed by atoms with Crippen LogP contribution >= 0.6 is 0 Å². The molecule has 1 saturated heterocycles. The number of sulfone groups is 1. The first-order chi connectivity index (χ1) is 9.91. The number of nitrogens with one attached hydrogen (secondary N) is 1. The molecule has 0 saturated carbocycles. The molecule has 0 bridgehead atoms. The zero-order chi connectivity index (χ0) is 15.5. The van der Waals surface area contributed by atoms with Gasteiger partial charge in [0.15, 0.2) is 9.84 Å². The Kier molecular flexibility index (Phi) is 4.72. The van der Waals surface area contributed by atoms with Crippen molar-refractivity contribution < 1.29 is 17.9 Å². The van der Waals surface area contributed by atoms with E-state index in [1.807, 2.05) is 0 Å². The maximum atomic E-state index is 11.7. The molecule has 1 aliphatic heterocycles. The van der Waals surface area contributed by atoms with Gasteiger partial charge in [-0.15, -0.1) is 0 Å². The van der Waals surface area contributed by atoms with Gasteiger partial charge in [0.25, 0.3) is 0 Å². The van der Waals surface area contributed by atoms with Crippen molar-refractivity contribution in [3.05, 3.63) is 23.8 Å². The first kappa shape index (κ1) is 15.6. The number of carbonyl (C=O) groups is 1. The molecule has 1 heterocycles. The number of esters is 1. The van der Waals surface area contributed by atoms with Crippen LogP contribution in [-0.2, 0) is 14.6 Å². The van der Waals surface area contributed by atoms with E-state index in [1.54, 1.807) is 25.1 Å². The van der Waals surface area contributed by atoms with E-state index in [4.69, 9.17) is 10.5 Å². The Morgan fingerprint density at radius 2 is 2.24 bits per heavy atom. The molecule has 1 atom stereocenters. The van der Waals surface area contributed by atoms with Crippen LogP contribution in [0.1, 0.15) is 23.7 Å². The number of ether oxygens (including phenoxy) is 1. The second-order valence-electron chi connectivity index (χ2n) is 5.17. The van der Waals surface area contributed by atoms with Gasteiger partial charge in [-0.2, -0.15) is 0 Å². The zero-order valence-electron chi connectivity index (χ0n) is 12.0. The number of hydrogen-bond acceptors (Lipinski definition) is 6. The third-order valence-electron chi connectivity index (χ3n) is 3.47. The van der Waals surface area contributed by atoms with E-state index in [9.17, 15) is 13.2 Å². The number of nitrogens with two attached hydrogens (primary N) is 1. The quantitative estimate of drug-likeness (QED) is 0.628. The van der Waals surface area contributed by atoms with Crippen LogP contribution < -0.4 is 11.1 Å². The summed E-state index contributed by atoms with van der Waals surface area (Å²) in [6.45, 7) is 2.58. The fourth-order valence-electron chi connectivity index (χ4n) is 2.34. The highest BCUT2D eigenvalue weighted by Gasteiger charge is 2.27. The van der Waals surface area contributed by atoms with Gasteiger partial charge in [-0.1, -0.05) is 0 Å². The van der Waals surface area contributed by atoms with Crippen LogP contribution in [0, 0.1) is 5.92 Å². The highest BCUT2D eigenvalue weighted by molar-refractivity contribution is 7.91. The summed E-state index contributed by atoms with van der Waals surface area (Å²) in [4.78, 5) is 11.7. The summed E-state index contributed by atoms with van der Waals surface area (Å²) in [7, 11) is -2.88. The molecule has 1 aromatic carbocycles. The molecule has 0 aromatic heterocycles. The third-order valence-corrected chi connectivity index (χ3v) is 5.31. The Labute approximate surface area is 124 Å². The lowest BCUT2D eigenvalue weighted by Gasteiger charge is -2.14. The summed E-state index contributed by atoms with van der Waals surface area (Å²) in [5, 5.41) is 3.13. The largest absolute Gasteiger partial charge is 0.462 e. The van der Waals surface area contributed by atoms with Crippen molar-refractivity contribution in [2.75, 3.05) is 35.7 Å². The predicted octanol–water partition coefficient (Wildman–Crippen LogP) is 1.29. The van der Waals surface area contributed by atoms with Gasteiger partial charge in [-0.05, 0) is 37.5 Å². The van der Waals surface area contributed by atoms with Crippen molar-refractivity contribution in [2.24, 2.45) is 5.92 Å². The third kappa shape index (κ3) is 4.10. The average Bonchev–Trinajstić information content (AvgIpc) is 2.77. The van der Waals surface area contributed by atoms with E-state index < -0.39 is 15.8 Å². The number of nitrogen functional groups attached to an aromatic ring is 1. The number of hydrogen-bond donors (Lipinski definition) is 2. The minimum Gasteiger partial charge on any atom is -0.462 e. The van der Waals surface area contributed by atoms with Gasteiger partial charge in [0.2, 0.25) is 0 Å². The summed E-state index contributed by atoms with van der Waals surface area (Å²) < 4.78 is 27.8. The van der Waals surface area contributed by atoms with Crippen LogP contribution in [0.15, 0.2) is 18.2 Å². The van der Waals surface area contributed by atoms with Crippen LogP contribution in [-0.4, -0.2) is 39.0 Å². The minimum absolute atomic E-state index is 0.0839. The van der Waals surface area contributed by atoms with Crippen molar-refractivity contribution in [1.82, 2.24) is 0 Å². The molecule has 1 fully saturated rings. The lowest BCUT2D eigenvalue weighted by atomic mass is 10.1. The van der Waals surface area contributed by atoms with Crippen molar-refractivity contribution >= 4 is 27.2 Å². The molecule has 1 aliphatic rings. The van der Waals surface area contributed by atoms with Gasteiger partial charge in [0, 0.05) is 6.54 Å². The second kappa shape index (κ2) is 6.34. The van der Waals surface area contributed by atoms with Crippen LogP contribution in [0.4, 0.5) is 11.4 Å². The fourth-order valence-corrected chi connectivity index (χ4v) is 4.20. The first-order valence-corrected chi connectivity index (χ1v) is 8.74. The molecular weight excluding hydrogens is 292 g/mol. The van der Waals surface area contributed by atoms with Gasteiger partial charge in [-0.25, -0.2) is 13.2 Å². The molecule has 0 spiro atoms. The Bertz CT molecular complexity index is 628. The van der Waals surface area contributed by atoms with Crippen LogP contribution in [0.3, 0.4) is 0 Å². The molecule has 6 nitrogen and oxygen atoms in total. The van der Waals surface area contributed by atoms with E-state index in [0.29, 0.717) is 36.5 Å². The lowest BCUT2D eigenvalue weighted by Crippen LogP contribution is -2.16. The molecule has 1 aromatic rings. The van der Waals surface area contributed by atoms with E-state index in [0.717, 1.165) is 0 Å². The van der Waals surface area contributed by atoms with E-state index in [2.05, 4.69) is 5.32 Å². The standard InChI is InChI=1S/C14H20N2O4S/c1-2-20-14(17)11-3-4-12(15)13(7-11)16-8-10-5-6-21(18,19)9-10/h3-4,7,10,16H,2,5-6,8-9,15H2,1H3. The lowest BCUT2D eigenvalue weighted by molar-refractivity contribution is 0.0526. The van der Waals surface area contributed by atoms with Crippen LogP contribution in [0.2, 0.25) is 0 Å². The van der Waals surface area contributed by atoms with Gasteiger partial charge in [-0.3, -0.25) is 0 Å². The molecule has 1 unspecified atom stereocenters. The number of carbonyl (C=O) groups excluding carboxylic acids is 1. The Morgan fingerprint density at radius 1 is 1.48 bits per heavy atom. The van der Waals surface area contributed by atoms with Gasteiger partial charge >= 0.3 is 5.97 Å². The number of rotatable bonds is 5. The molecule has 116 valence electrons. The molecule has 0 amide bonds. The van der Waals surface area contributed by atoms with Gasteiger partial charge in [0.1, 0.15) is 0 Å². The molecule has 21 heavy (non-hydrogen) atoms. The summed E-state index contributed by atoms with van der Waals surface area (Å²) in [6.07, 6.45) is 0.660. The molecular formula is C14H20N2O4S. The smallest absolute Gasteiger partial charge is 0.338 e. The molecule has 0 radical (unpaired) electrons. The maximum Gasteiger partial charge on any atom is 0.338 e. The first-order valence-electron chi connectivity index (χ1n) is 6.92. The van der Waals surface area contributed by atoms with E-state index in [1.165, 1.54) is 0 Å². The summed E-state index contributed by atoms with van der Waals surface area (Å²) in [5.41, 5.74) is 7.44.